The van der Waals surface area contributed by atoms with Gasteiger partial charge in [-0.1, -0.05) is 47.9 Å². The second kappa shape index (κ2) is 9.33. The van der Waals surface area contributed by atoms with Gasteiger partial charge in [0.15, 0.2) is 0 Å². The number of rotatable bonds is 2. The minimum Gasteiger partial charge on any atom is -0.298 e. The number of hydrogen-bond acceptors (Lipinski definition) is 2. The van der Waals surface area contributed by atoms with E-state index in [2.05, 4.69) is 55.5 Å². The van der Waals surface area contributed by atoms with Crippen LogP contribution >= 0.6 is 31.9 Å². The summed E-state index contributed by atoms with van der Waals surface area (Å²) >= 11 is 7.06. The van der Waals surface area contributed by atoms with E-state index in [1.165, 1.54) is 0 Å². The number of carbonyl (C=O) groups is 2. The first-order valence-corrected chi connectivity index (χ1v) is 9.81. The highest BCUT2D eigenvalue weighted by Gasteiger charge is 2.04. The third kappa shape index (κ3) is 5.08. The van der Waals surface area contributed by atoms with Crippen molar-refractivity contribution in [2.75, 3.05) is 0 Å². The monoisotopic (exact) mass is 490 g/mol. The number of halogens is 2. The third-order valence-corrected chi connectivity index (χ3v) is 5.15. The maximum Gasteiger partial charge on any atom is 0.150 e. The fourth-order valence-electron chi connectivity index (χ4n) is 2.31. The lowest BCUT2D eigenvalue weighted by Crippen LogP contribution is -1.86. The molecule has 0 bridgehead atoms. The Labute approximate surface area is 180 Å². The second-order valence-corrected chi connectivity index (χ2v) is 7.50. The van der Waals surface area contributed by atoms with E-state index in [1.54, 1.807) is 24.3 Å². The van der Waals surface area contributed by atoms with Crippen LogP contribution in [0.15, 0.2) is 69.6 Å². The van der Waals surface area contributed by atoms with Crippen LogP contribution in [0.5, 0.6) is 0 Å². The van der Waals surface area contributed by atoms with Gasteiger partial charge in [0, 0.05) is 42.3 Å². The van der Waals surface area contributed by atoms with Crippen LogP contribution in [0.2, 0.25) is 0 Å². The molecule has 3 rings (SSSR count). The summed E-state index contributed by atoms with van der Waals surface area (Å²) in [4.78, 5) is 21.5. The Hall–Kier alpha value is -2.92. The predicted octanol–water partition coefficient (Wildman–Crippen LogP) is 5.64. The molecule has 0 unspecified atom stereocenters. The molecular formula is C24H12Br2O2. The Balaban J connectivity index is 1.90. The lowest BCUT2D eigenvalue weighted by atomic mass is 10.1. The summed E-state index contributed by atoms with van der Waals surface area (Å²) < 4.78 is 1.72. The zero-order valence-corrected chi connectivity index (χ0v) is 17.7. The van der Waals surface area contributed by atoms with Crippen molar-refractivity contribution in [3.05, 3.63) is 103 Å². The second-order valence-electron chi connectivity index (χ2n) is 5.79. The van der Waals surface area contributed by atoms with Gasteiger partial charge in [0.2, 0.25) is 0 Å². The van der Waals surface area contributed by atoms with Crippen LogP contribution in [-0.2, 0) is 0 Å². The van der Waals surface area contributed by atoms with E-state index in [9.17, 15) is 9.59 Å². The van der Waals surface area contributed by atoms with Crippen LogP contribution in [0.4, 0.5) is 0 Å². The summed E-state index contributed by atoms with van der Waals surface area (Å²) in [6.07, 6.45) is 1.61. The Bertz CT molecular complexity index is 1060. The first-order valence-electron chi connectivity index (χ1n) is 8.22. The molecule has 0 saturated heterocycles. The standard InChI is InChI=1S/C24H12Br2O2/c25-23-14-24(26)22(12-10-18-3-7-20(16-28)8-4-18)13-21(23)11-9-17-1-5-19(15-27)6-2-17/h1-8,13-16H. The molecule has 0 aliphatic rings. The summed E-state index contributed by atoms with van der Waals surface area (Å²) in [6, 6.07) is 18.0. The maximum atomic E-state index is 10.7. The van der Waals surface area contributed by atoms with Crippen molar-refractivity contribution in [3.8, 4) is 23.7 Å². The quantitative estimate of drug-likeness (QED) is 0.343. The normalized spacial score (nSPS) is 9.50. The molecule has 0 aliphatic carbocycles. The molecule has 3 aromatic rings. The highest BCUT2D eigenvalue weighted by atomic mass is 79.9. The SMILES string of the molecule is O=Cc1ccc(C#Cc2cc(C#Cc3ccc(C=O)cc3)c(Br)cc2Br)cc1. The van der Waals surface area contributed by atoms with Gasteiger partial charge in [-0.3, -0.25) is 9.59 Å². The van der Waals surface area contributed by atoms with Gasteiger partial charge in [-0.25, -0.2) is 0 Å². The van der Waals surface area contributed by atoms with Crippen molar-refractivity contribution < 1.29 is 9.59 Å². The van der Waals surface area contributed by atoms with Gasteiger partial charge < -0.3 is 0 Å². The first kappa shape index (κ1) is 19.8. The maximum absolute atomic E-state index is 10.7. The molecular weight excluding hydrogens is 480 g/mol. The van der Waals surface area contributed by atoms with Crippen molar-refractivity contribution in [1.29, 1.82) is 0 Å². The van der Waals surface area contributed by atoms with E-state index in [1.807, 2.05) is 36.4 Å². The number of hydrogen-bond donors (Lipinski definition) is 0. The zero-order valence-electron chi connectivity index (χ0n) is 14.5. The number of aldehydes is 2. The topological polar surface area (TPSA) is 34.1 Å². The number of benzene rings is 3. The van der Waals surface area contributed by atoms with Crippen LogP contribution in [0.3, 0.4) is 0 Å². The molecule has 0 amide bonds. The smallest absolute Gasteiger partial charge is 0.150 e. The highest BCUT2D eigenvalue weighted by molar-refractivity contribution is 9.11. The van der Waals surface area contributed by atoms with E-state index in [0.717, 1.165) is 43.8 Å². The van der Waals surface area contributed by atoms with Gasteiger partial charge in [-0.05, 0) is 68.3 Å². The Morgan fingerprint density at radius 2 is 0.964 bits per heavy atom. The summed E-state index contributed by atoms with van der Waals surface area (Å²) in [5.74, 6) is 12.5. The van der Waals surface area contributed by atoms with Crippen LogP contribution in [0.1, 0.15) is 43.0 Å². The average molecular weight is 492 g/mol. The minimum absolute atomic E-state index is 0.620. The molecule has 0 N–H and O–H groups in total. The molecule has 0 radical (unpaired) electrons. The van der Waals surface area contributed by atoms with Crippen molar-refractivity contribution in [2.24, 2.45) is 0 Å². The molecule has 0 heterocycles. The van der Waals surface area contributed by atoms with Crippen LogP contribution in [0, 0.1) is 23.7 Å². The van der Waals surface area contributed by atoms with Gasteiger partial charge in [0.05, 0.1) is 0 Å². The van der Waals surface area contributed by atoms with E-state index >= 15 is 0 Å². The minimum atomic E-state index is 0.620. The molecule has 3 aromatic carbocycles. The largest absolute Gasteiger partial charge is 0.298 e. The highest BCUT2D eigenvalue weighted by Crippen LogP contribution is 2.25. The molecule has 0 aromatic heterocycles. The van der Waals surface area contributed by atoms with Crippen molar-refractivity contribution >= 4 is 44.4 Å². The number of carbonyl (C=O) groups excluding carboxylic acids is 2. The molecule has 0 fully saturated rings. The lowest BCUT2D eigenvalue weighted by molar-refractivity contribution is 0.111. The fraction of sp³-hybridized carbons (Fsp3) is 0. The molecule has 134 valence electrons. The summed E-state index contributed by atoms with van der Waals surface area (Å²) in [6.45, 7) is 0. The summed E-state index contributed by atoms with van der Waals surface area (Å²) in [7, 11) is 0. The van der Waals surface area contributed by atoms with Gasteiger partial charge >= 0.3 is 0 Å². The van der Waals surface area contributed by atoms with Gasteiger partial charge in [0.25, 0.3) is 0 Å². The lowest BCUT2D eigenvalue weighted by Gasteiger charge is -2.01. The first-order chi connectivity index (χ1) is 13.6. The van der Waals surface area contributed by atoms with E-state index in [-0.39, 0.29) is 0 Å². The molecule has 28 heavy (non-hydrogen) atoms. The molecule has 4 heteroatoms. The van der Waals surface area contributed by atoms with Crippen LogP contribution < -0.4 is 0 Å². The van der Waals surface area contributed by atoms with Crippen LogP contribution in [0.25, 0.3) is 0 Å². The Kier molecular flexibility index (Phi) is 6.61. The fourth-order valence-corrected chi connectivity index (χ4v) is 3.50. The van der Waals surface area contributed by atoms with Crippen LogP contribution in [-0.4, -0.2) is 12.6 Å². The molecule has 0 aliphatic heterocycles. The summed E-state index contributed by atoms with van der Waals surface area (Å²) in [5.41, 5.74) is 4.50. The van der Waals surface area contributed by atoms with Crippen molar-refractivity contribution in [1.82, 2.24) is 0 Å². The van der Waals surface area contributed by atoms with E-state index in [0.29, 0.717) is 11.1 Å². The molecule has 0 saturated carbocycles. The summed E-state index contributed by atoms with van der Waals surface area (Å²) in [5, 5.41) is 0. The van der Waals surface area contributed by atoms with Gasteiger partial charge in [-0.2, -0.15) is 0 Å². The van der Waals surface area contributed by atoms with Gasteiger partial charge in [0.1, 0.15) is 12.6 Å². The Morgan fingerprint density at radius 3 is 1.32 bits per heavy atom. The predicted molar refractivity (Wildman–Crippen MR) is 117 cm³/mol. The average Bonchev–Trinajstić information content (AvgIpc) is 2.73. The molecule has 2 nitrogen and oxygen atoms in total. The third-order valence-electron chi connectivity index (χ3n) is 3.83. The zero-order chi connectivity index (χ0) is 19.9. The molecule has 0 atom stereocenters. The Morgan fingerprint density at radius 1 is 0.571 bits per heavy atom. The molecule has 0 spiro atoms. The van der Waals surface area contributed by atoms with Crippen molar-refractivity contribution in [2.45, 2.75) is 0 Å². The van der Waals surface area contributed by atoms with E-state index in [4.69, 9.17) is 0 Å². The van der Waals surface area contributed by atoms with Crippen molar-refractivity contribution in [3.63, 3.8) is 0 Å². The van der Waals surface area contributed by atoms with E-state index < -0.39 is 0 Å². The van der Waals surface area contributed by atoms with Gasteiger partial charge in [-0.15, -0.1) is 0 Å².